The molecule has 0 unspecified atom stereocenters. The van der Waals surface area contributed by atoms with E-state index < -0.39 is 0 Å². The zero-order valence-electron chi connectivity index (χ0n) is 7.12. The van der Waals surface area contributed by atoms with E-state index in [-0.39, 0.29) is 5.56 Å². The maximum atomic E-state index is 11.4. The van der Waals surface area contributed by atoms with Gasteiger partial charge in [-0.15, -0.1) is 11.6 Å². The van der Waals surface area contributed by atoms with E-state index in [1.807, 2.05) is 0 Å². The van der Waals surface area contributed by atoms with Crippen molar-refractivity contribution < 1.29 is 0 Å². The summed E-state index contributed by atoms with van der Waals surface area (Å²) in [7, 11) is 0. The fourth-order valence-electron chi connectivity index (χ4n) is 1.17. The highest BCUT2D eigenvalue weighted by Gasteiger charge is 2.06. The molecule has 14 heavy (non-hydrogen) atoms. The van der Waals surface area contributed by atoms with Crippen molar-refractivity contribution in [3.05, 3.63) is 28.5 Å². The first kappa shape index (κ1) is 8.96. The quantitative estimate of drug-likeness (QED) is 0.724. The van der Waals surface area contributed by atoms with Crippen molar-refractivity contribution in [2.75, 3.05) is 5.88 Å². The number of fused-ring (bicyclic) bond motifs is 1. The predicted molar refractivity (Wildman–Crippen MR) is 54.3 cm³/mol. The summed E-state index contributed by atoms with van der Waals surface area (Å²) in [5.74, 6) is 0.388. The predicted octanol–water partition coefficient (Wildman–Crippen LogP) is 0.898. The van der Waals surface area contributed by atoms with Crippen LogP contribution in [0.3, 0.4) is 0 Å². The smallest absolute Gasteiger partial charge is 0.262 e. The Labute approximate surface area is 83.8 Å². The highest BCUT2D eigenvalue weighted by Crippen LogP contribution is 2.08. The molecule has 0 spiro atoms. The number of alkyl halides is 1. The number of rotatable bonds is 2. The molecule has 0 aliphatic carbocycles. The minimum Gasteiger partial charge on any atom is -0.312 e. The van der Waals surface area contributed by atoms with Crippen LogP contribution in [0.2, 0.25) is 0 Å². The summed E-state index contributed by atoms with van der Waals surface area (Å²) >= 11 is 5.49. The first-order valence-electron chi connectivity index (χ1n) is 3.97. The van der Waals surface area contributed by atoms with Gasteiger partial charge in [0.25, 0.3) is 5.56 Å². The van der Waals surface area contributed by atoms with Gasteiger partial charge >= 0.3 is 0 Å². The van der Waals surface area contributed by atoms with E-state index in [1.165, 1.54) is 6.33 Å². The fourth-order valence-corrected chi connectivity index (χ4v) is 1.26. The van der Waals surface area contributed by atoms with E-state index in [2.05, 4.69) is 20.2 Å². The molecule has 5 nitrogen and oxygen atoms in total. The van der Waals surface area contributed by atoms with Crippen molar-refractivity contribution >= 4 is 28.7 Å². The number of nitrogens with zero attached hydrogens (tertiary/aromatic N) is 2. The normalized spacial score (nSPS) is 11.5. The molecule has 2 N–H and O–H groups in total. The van der Waals surface area contributed by atoms with Gasteiger partial charge in [-0.1, -0.05) is 6.08 Å². The lowest BCUT2D eigenvalue weighted by Crippen LogP contribution is -2.05. The van der Waals surface area contributed by atoms with E-state index in [9.17, 15) is 4.79 Å². The second kappa shape index (κ2) is 3.63. The lowest BCUT2D eigenvalue weighted by Gasteiger charge is -1.86. The monoisotopic (exact) mass is 210 g/mol. The van der Waals surface area contributed by atoms with Crippen LogP contribution >= 0.6 is 11.6 Å². The second-order valence-electron chi connectivity index (χ2n) is 2.62. The van der Waals surface area contributed by atoms with E-state index >= 15 is 0 Å². The van der Waals surface area contributed by atoms with Crippen LogP contribution in [0, 0.1) is 0 Å². The van der Waals surface area contributed by atoms with Gasteiger partial charge in [-0.25, -0.2) is 4.98 Å². The van der Waals surface area contributed by atoms with E-state index in [0.29, 0.717) is 22.6 Å². The van der Waals surface area contributed by atoms with Gasteiger partial charge in [0.2, 0.25) is 0 Å². The van der Waals surface area contributed by atoms with E-state index in [4.69, 9.17) is 11.6 Å². The first-order valence-corrected chi connectivity index (χ1v) is 4.50. The van der Waals surface area contributed by atoms with Gasteiger partial charge in [0.05, 0.1) is 12.0 Å². The van der Waals surface area contributed by atoms with Crippen LogP contribution in [0.4, 0.5) is 0 Å². The first-order chi connectivity index (χ1) is 6.83. The standard InChI is InChI=1S/C8H7ClN4O/c9-3-1-2-5-6-7(13-12-5)10-4-11-8(6)14/h1-2,4H,3H2,(H2,10,11,12,13,14). The molecule has 2 aromatic rings. The van der Waals surface area contributed by atoms with Crippen LogP contribution in [-0.4, -0.2) is 26.0 Å². The lowest BCUT2D eigenvalue weighted by molar-refractivity contribution is 1.08. The van der Waals surface area contributed by atoms with Crippen molar-refractivity contribution in [3.8, 4) is 0 Å². The molecular weight excluding hydrogens is 204 g/mol. The summed E-state index contributed by atoms with van der Waals surface area (Å²) in [6, 6.07) is 0. The van der Waals surface area contributed by atoms with Gasteiger partial charge in [0, 0.05) is 5.88 Å². The third-order valence-corrected chi connectivity index (χ3v) is 1.94. The van der Waals surface area contributed by atoms with Gasteiger partial charge in [0.15, 0.2) is 5.65 Å². The Morgan fingerprint density at radius 3 is 3.21 bits per heavy atom. The molecule has 0 aromatic carbocycles. The Balaban J connectivity index is 2.67. The molecule has 0 amide bonds. The molecular formula is C8H7ClN4O. The number of aromatic nitrogens is 4. The van der Waals surface area contributed by atoms with Crippen molar-refractivity contribution in [3.63, 3.8) is 0 Å². The van der Waals surface area contributed by atoms with Gasteiger partial charge in [-0.05, 0) is 6.08 Å². The van der Waals surface area contributed by atoms with Crippen LogP contribution in [0.15, 0.2) is 17.2 Å². The average molecular weight is 211 g/mol. The number of nitrogens with one attached hydrogen (secondary N) is 2. The summed E-state index contributed by atoms with van der Waals surface area (Å²) in [5.41, 5.74) is 0.816. The number of hydrogen-bond acceptors (Lipinski definition) is 3. The SMILES string of the molecule is O=c1[nH]cnc2n[nH]c(C=CCCl)c12. The molecule has 0 saturated heterocycles. The summed E-state index contributed by atoms with van der Waals surface area (Å²) < 4.78 is 0. The van der Waals surface area contributed by atoms with Crippen LogP contribution < -0.4 is 5.56 Å². The number of aromatic amines is 2. The maximum absolute atomic E-state index is 11.4. The third-order valence-electron chi connectivity index (χ3n) is 1.76. The van der Waals surface area contributed by atoms with Crippen molar-refractivity contribution in [2.24, 2.45) is 0 Å². The number of allylic oxidation sites excluding steroid dienone is 1. The zero-order valence-corrected chi connectivity index (χ0v) is 7.88. The lowest BCUT2D eigenvalue weighted by atomic mass is 10.3. The Morgan fingerprint density at radius 2 is 2.43 bits per heavy atom. The summed E-state index contributed by atoms with van der Waals surface area (Å²) in [6.45, 7) is 0. The number of H-pyrrole nitrogens is 2. The second-order valence-corrected chi connectivity index (χ2v) is 2.93. The van der Waals surface area contributed by atoms with Gasteiger partial charge in [-0.2, -0.15) is 5.10 Å². The topological polar surface area (TPSA) is 74.4 Å². The molecule has 0 aliphatic heterocycles. The molecule has 0 saturated carbocycles. The largest absolute Gasteiger partial charge is 0.312 e. The Kier molecular flexibility index (Phi) is 2.32. The van der Waals surface area contributed by atoms with Crippen LogP contribution in [0.5, 0.6) is 0 Å². The van der Waals surface area contributed by atoms with Crippen molar-refractivity contribution in [1.29, 1.82) is 0 Å². The van der Waals surface area contributed by atoms with Crippen molar-refractivity contribution in [1.82, 2.24) is 20.2 Å². The number of halogens is 1. The van der Waals surface area contributed by atoms with Gasteiger partial charge in [0.1, 0.15) is 5.39 Å². The fraction of sp³-hybridized carbons (Fsp3) is 0.125. The number of hydrogen-bond donors (Lipinski definition) is 2. The molecule has 0 fully saturated rings. The highest BCUT2D eigenvalue weighted by atomic mass is 35.5. The molecule has 2 heterocycles. The molecule has 2 aromatic heterocycles. The molecule has 0 aliphatic rings. The summed E-state index contributed by atoms with van der Waals surface area (Å²) in [4.78, 5) is 17.8. The molecule has 2 rings (SSSR count). The molecule has 0 bridgehead atoms. The molecule has 72 valence electrons. The summed E-state index contributed by atoms with van der Waals surface area (Å²) in [5, 5.41) is 7.05. The zero-order chi connectivity index (χ0) is 9.97. The Hall–Kier alpha value is -1.62. The Bertz CT molecular complexity index is 527. The van der Waals surface area contributed by atoms with Crippen LogP contribution in [-0.2, 0) is 0 Å². The third kappa shape index (κ3) is 1.42. The average Bonchev–Trinajstić information content (AvgIpc) is 2.59. The summed E-state index contributed by atoms with van der Waals surface area (Å²) in [6.07, 6.45) is 4.75. The van der Waals surface area contributed by atoms with Gasteiger partial charge < -0.3 is 4.98 Å². The van der Waals surface area contributed by atoms with Gasteiger partial charge in [-0.3, -0.25) is 9.89 Å². The van der Waals surface area contributed by atoms with Crippen LogP contribution in [0.1, 0.15) is 5.69 Å². The Morgan fingerprint density at radius 1 is 1.57 bits per heavy atom. The minimum absolute atomic E-state index is 0.210. The highest BCUT2D eigenvalue weighted by molar-refractivity contribution is 6.19. The minimum atomic E-state index is -0.210. The van der Waals surface area contributed by atoms with Crippen LogP contribution in [0.25, 0.3) is 17.1 Å². The molecule has 0 atom stereocenters. The maximum Gasteiger partial charge on any atom is 0.262 e. The van der Waals surface area contributed by atoms with Crippen molar-refractivity contribution in [2.45, 2.75) is 0 Å². The molecule has 0 radical (unpaired) electrons. The molecule has 6 heteroatoms. The van der Waals surface area contributed by atoms with E-state index in [0.717, 1.165) is 0 Å². The van der Waals surface area contributed by atoms with E-state index in [1.54, 1.807) is 12.2 Å².